The van der Waals surface area contributed by atoms with Crippen LogP contribution < -0.4 is 5.73 Å². The van der Waals surface area contributed by atoms with Crippen molar-refractivity contribution in [2.24, 2.45) is 5.41 Å². The molecular weight excluding hydrogens is 248 g/mol. The van der Waals surface area contributed by atoms with Crippen molar-refractivity contribution in [2.45, 2.75) is 20.8 Å². The van der Waals surface area contributed by atoms with Gasteiger partial charge in [0.05, 0.1) is 10.2 Å². The van der Waals surface area contributed by atoms with Crippen LogP contribution in [0.2, 0.25) is 0 Å². The predicted molar refractivity (Wildman–Crippen MR) is 73.2 cm³/mol. The normalized spacial score (nSPS) is 11.7. The van der Waals surface area contributed by atoms with Gasteiger partial charge in [0.2, 0.25) is 0 Å². The largest absolute Gasteiger partial charge is 0.375 e. The van der Waals surface area contributed by atoms with Crippen molar-refractivity contribution in [3.63, 3.8) is 0 Å². The van der Waals surface area contributed by atoms with E-state index in [0.717, 1.165) is 11.0 Å². The molecule has 0 atom stereocenters. The van der Waals surface area contributed by atoms with E-state index in [1.165, 1.54) is 11.3 Å². The van der Waals surface area contributed by atoms with Gasteiger partial charge < -0.3 is 5.73 Å². The first-order chi connectivity index (χ1) is 8.32. The third kappa shape index (κ3) is 2.13. The molecule has 1 aromatic heterocycles. The summed E-state index contributed by atoms with van der Waals surface area (Å²) >= 11 is 1.28. The monoisotopic (exact) mass is 262 g/mol. The maximum absolute atomic E-state index is 12.4. The van der Waals surface area contributed by atoms with Crippen LogP contribution >= 0.6 is 11.3 Å². The lowest BCUT2D eigenvalue weighted by Crippen LogP contribution is -2.20. The van der Waals surface area contributed by atoms with E-state index in [2.05, 4.69) is 4.98 Å². The predicted octanol–water partition coefficient (Wildman–Crippen LogP) is 2.92. The van der Waals surface area contributed by atoms with Crippen LogP contribution in [0.5, 0.6) is 0 Å². The average molecular weight is 262 g/mol. The van der Waals surface area contributed by atoms with Gasteiger partial charge in [0.25, 0.3) is 0 Å². The van der Waals surface area contributed by atoms with Crippen LogP contribution in [-0.4, -0.2) is 17.1 Å². The number of fused-ring (bicyclic) bond motifs is 1. The van der Waals surface area contributed by atoms with Gasteiger partial charge in [0.1, 0.15) is 6.29 Å². The van der Waals surface area contributed by atoms with Crippen molar-refractivity contribution in [1.82, 2.24) is 4.98 Å². The lowest BCUT2D eigenvalue weighted by Gasteiger charge is -2.17. The third-order valence-electron chi connectivity index (χ3n) is 2.60. The summed E-state index contributed by atoms with van der Waals surface area (Å²) < 4.78 is 0.768. The Kier molecular flexibility index (Phi) is 2.94. The summed E-state index contributed by atoms with van der Waals surface area (Å²) in [5.41, 5.74) is 6.67. The number of aromatic nitrogens is 1. The van der Waals surface area contributed by atoms with Gasteiger partial charge >= 0.3 is 0 Å². The first-order valence-corrected chi connectivity index (χ1v) is 6.34. The zero-order valence-corrected chi connectivity index (χ0v) is 11.3. The number of aldehydes is 1. The topological polar surface area (TPSA) is 73.0 Å². The first-order valence-electron chi connectivity index (χ1n) is 5.53. The standard InChI is InChI=1S/C13H14N2O2S/c1-13(2,3)11(17)8-4-7(6-16)5-9-10(8)15-12(14)18-9/h4-6H,1-3H3,(H2,14,15). The van der Waals surface area contributed by atoms with Crippen molar-refractivity contribution in [2.75, 3.05) is 5.73 Å². The van der Waals surface area contributed by atoms with E-state index in [-0.39, 0.29) is 5.78 Å². The number of anilines is 1. The molecule has 0 bridgehead atoms. The molecule has 0 spiro atoms. The fourth-order valence-corrected chi connectivity index (χ4v) is 2.52. The Bertz CT molecular complexity index is 638. The third-order valence-corrected chi connectivity index (χ3v) is 3.43. The van der Waals surface area contributed by atoms with Crippen LogP contribution in [0.25, 0.3) is 10.2 Å². The highest BCUT2D eigenvalue weighted by atomic mass is 32.1. The summed E-state index contributed by atoms with van der Waals surface area (Å²) in [5.74, 6) is -0.0403. The van der Waals surface area contributed by atoms with Crippen molar-refractivity contribution in [3.8, 4) is 0 Å². The van der Waals surface area contributed by atoms with Crippen molar-refractivity contribution < 1.29 is 9.59 Å². The van der Waals surface area contributed by atoms with Gasteiger partial charge in [-0.25, -0.2) is 4.98 Å². The lowest BCUT2D eigenvalue weighted by atomic mass is 9.85. The quantitative estimate of drug-likeness (QED) is 0.667. The molecule has 0 fully saturated rings. The number of benzene rings is 1. The Morgan fingerprint density at radius 1 is 1.39 bits per heavy atom. The highest BCUT2D eigenvalue weighted by Crippen LogP contribution is 2.31. The van der Waals surface area contributed by atoms with Crippen molar-refractivity contribution in [1.29, 1.82) is 0 Å². The number of ketones is 1. The van der Waals surface area contributed by atoms with Gasteiger partial charge in [0, 0.05) is 16.5 Å². The molecule has 4 nitrogen and oxygen atoms in total. The van der Waals surface area contributed by atoms with Crippen LogP contribution in [0.15, 0.2) is 12.1 Å². The minimum atomic E-state index is -0.521. The molecule has 2 aromatic rings. The molecule has 5 heteroatoms. The van der Waals surface area contributed by atoms with Crippen LogP contribution in [0.3, 0.4) is 0 Å². The molecular formula is C13H14N2O2S. The lowest BCUT2D eigenvalue weighted by molar-refractivity contribution is 0.0860. The average Bonchev–Trinajstić information content (AvgIpc) is 2.65. The molecule has 0 aliphatic rings. The van der Waals surface area contributed by atoms with E-state index in [0.29, 0.717) is 21.8 Å². The molecule has 0 aliphatic heterocycles. The molecule has 18 heavy (non-hydrogen) atoms. The number of carbonyl (C=O) groups is 2. The van der Waals surface area contributed by atoms with Gasteiger partial charge in [-0.1, -0.05) is 32.1 Å². The molecule has 0 saturated carbocycles. The first kappa shape index (κ1) is 12.7. The zero-order chi connectivity index (χ0) is 13.5. The number of nitrogen functional groups attached to an aromatic ring is 1. The molecule has 0 amide bonds. The SMILES string of the molecule is CC(C)(C)C(=O)c1cc(C=O)cc2sc(N)nc12. The molecule has 0 radical (unpaired) electrons. The molecule has 94 valence electrons. The Morgan fingerprint density at radius 2 is 2.06 bits per heavy atom. The number of nitrogens with zero attached hydrogens (tertiary/aromatic N) is 1. The molecule has 1 aromatic carbocycles. The second-order valence-corrected chi connectivity index (χ2v) is 6.23. The van der Waals surface area contributed by atoms with E-state index >= 15 is 0 Å². The second kappa shape index (κ2) is 4.17. The van der Waals surface area contributed by atoms with Gasteiger partial charge in [0.15, 0.2) is 10.9 Å². The maximum Gasteiger partial charge on any atom is 0.181 e. The summed E-state index contributed by atoms with van der Waals surface area (Å²) in [4.78, 5) is 27.5. The molecule has 2 rings (SSSR count). The summed E-state index contributed by atoms with van der Waals surface area (Å²) in [7, 11) is 0. The van der Waals surface area contributed by atoms with Crippen LogP contribution in [0.1, 0.15) is 41.5 Å². The van der Waals surface area contributed by atoms with Crippen molar-refractivity contribution in [3.05, 3.63) is 23.3 Å². The van der Waals surface area contributed by atoms with Crippen LogP contribution in [-0.2, 0) is 0 Å². The minimum absolute atomic E-state index is 0.0403. The number of Topliss-reactive ketones (excluding diaryl/α,β-unsaturated/α-hetero) is 1. The number of thiazole rings is 1. The Morgan fingerprint density at radius 3 is 2.61 bits per heavy atom. The number of carbonyl (C=O) groups excluding carboxylic acids is 2. The summed E-state index contributed by atoms with van der Waals surface area (Å²) in [6.07, 6.45) is 0.731. The molecule has 0 saturated heterocycles. The van der Waals surface area contributed by atoms with E-state index in [4.69, 9.17) is 5.73 Å². The molecule has 1 heterocycles. The minimum Gasteiger partial charge on any atom is -0.375 e. The van der Waals surface area contributed by atoms with Gasteiger partial charge in [-0.3, -0.25) is 9.59 Å². The second-order valence-electron chi connectivity index (χ2n) is 5.16. The van der Waals surface area contributed by atoms with Crippen molar-refractivity contribution >= 4 is 38.8 Å². The Balaban J connectivity index is 2.75. The van der Waals surface area contributed by atoms with Gasteiger partial charge in [-0.15, -0.1) is 0 Å². The van der Waals surface area contributed by atoms with E-state index in [1.807, 2.05) is 20.8 Å². The highest BCUT2D eigenvalue weighted by Gasteiger charge is 2.26. The summed E-state index contributed by atoms with van der Waals surface area (Å²) in [5, 5.41) is 0.399. The highest BCUT2D eigenvalue weighted by molar-refractivity contribution is 7.22. The molecule has 0 aliphatic carbocycles. The Hall–Kier alpha value is -1.75. The molecule has 2 N–H and O–H groups in total. The smallest absolute Gasteiger partial charge is 0.181 e. The Labute approximate surface area is 109 Å². The van der Waals surface area contributed by atoms with Crippen LogP contribution in [0.4, 0.5) is 5.13 Å². The summed E-state index contributed by atoms with van der Waals surface area (Å²) in [6, 6.07) is 3.29. The van der Waals surface area contributed by atoms with E-state index < -0.39 is 5.41 Å². The fraction of sp³-hybridized carbons (Fsp3) is 0.308. The van der Waals surface area contributed by atoms with Gasteiger partial charge in [-0.05, 0) is 12.1 Å². The van der Waals surface area contributed by atoms with E-state index in [1.54, 1.807) is 12.1 Å². The van der Waals surface area contributed by atoms with Gasteiger partial charge in [-0.2, -0.15) is 0 Å². The number of hydrogen-bond acceptors (Lipinski definition) is 5. The summed E-state index contributed by atoms with van der Waals surface area (Å²) in [6.45, 7) is 5.51. The zero-order valence-electron chi connectivity index (χ0n) is 10.5. The van der Waals surface area contributed by atoms with E-state index in [9.17, 15) is 9.59 Å². The maximum atomic E-state index is 12.4. The fourth-order valence-electron chi connectivity index (χ4n) is 1.71. The number of hydrogen-bond donors (Lipinski definition) is 1. The van der Waals surface area contributed by atoms with Crippen LogP contribution in [0, 0.1) is 5.41 Å². The number of rotatable bonds is 2. The molecule has 0 unspecified atom stereocenters. The number of nitrogens with two attached hydrogens (primary N) is 1.